The number of fused-ring (bicyclic) bond motifs is 1. The number of hydrogen-bond acceptors (Lipinski definition) is 7. The third kappa shape index (κ3) is 8.25. The normalized spacial score (nSPS) is 11.5. The summed E-state index contributed by atoms with van der Waals surface area (Å²) in [7, 11) is 0. The zero-order chi connectivity index (χ0) is 26.0. The van der Waals surface area contributed by atoms with Crippen LogP contribution in [0, 0.1) is 0 Å². The summed E-state index contributed by atoms with van der Waals surface area (Å²) in [6.45, 7) is 0.998. The maximum atomic E-state index is 11.1. The van der Waals surface area contributed by atoms with Gasteiger partial charge in [0.2, 0.25) is 5.88 Å². The summed E-state index contributed by atoms with van der Waals surface area (Å²) in [5, 5.41) is 31.7. The van der Waals surface area contributed by atoms with Gasteiger partial charge in [-0.2, -0.15) is 0 Å². The number of benzene rings is 2. The van der Waals surface area contributed by atoms with E-state index in [1.165, 1.54) is 0 Å². The predicted molar refractivity (Wildman–Crippen MR) is 128 cm³/mol. The SMILES string of the molecule is NCCCC[C@H](N)C(=O)O.O=C(O)C(Oc1nn(Cc2ccc(Cl)cc2)c2ccccc12)C(=O)O. The van der Waals surface area contributed by atoms with E-state index >= 15 is 0 Å². The third-order valence-electron chi connectivity index (χ3n) is 4.83. The minimum Gasteiger partial charge on any atom is -0.480 e. The molecule has 0 aliphatic carbocycles. The van der Waals surface area contributed by atoms with E-state index in [1.807, 2.05) is 12.1 Å². The summed E-state index contributed by atoms with van der Waals surface area (Å²) < 4.78 is 6.76. The standard InChI is InChI=1S/C17H13ClN2O5.C6H14N2O2/c18-11-7-5-10(6-8-11)9-20-13-4-2-1-3-12(13)15(19-20)25-14(16(21)22)17(23)24;7-4-2-1-3-5(8)6(9)10/h1-8,14H,9H2,(H,21,22)(H,23,24);5H,1-4,7-8H2,(H,9,10)/t;5-/m.0/s1. The third-order valence-corrected chi connectivity index (χ3v) is 5.09. The molecule has 0 spiro atoms. The highest BCUT2D eigenvalue weighted by Crippen LogP contribution is 2.26. The first-order chi connectivity index (χ1) is 16.6. The number of rotatable bonds is 11. The van der Waals surface area contributed by atoms with Crippen LogP contribution in [0.15, 0.2) is 48.5 Å². The van der Waals surface area contributed by atoms with Gasteiger partial charge in [-0.25, -0.2) is 9.59 Å². The Kier molecular flexibility index (Phi) is 10.5. The largest absolute Gasteiger partial charge is 0.480 e. The molecule has 0 aliphatic rings. The van der Waals surface area contributed by atoms with Crippen molar-refractivity contribution in [2.45, 2.75) is 38.0 Å². The van der Waals surface area contributed by atoms with Gasteiger partial charge in [0.15, 0.2) is 0 Å². The molecule has 7 N–H and O–H groups in total. The average molecular weight is 507 g/mol. The van der Waals surface area contributed by atoms with Crippen molar-refractivity contribution in [3.05, 3.63) is 59.1 Å². The fourth-order valence-electron chi connectivity index (χ4n) is 3.02. The van der Waals surface area contributed by atoms with Crippen molar-refractivity contribution in [3.63, 3.8) is 0 Å². The summed E-state index contributed by atoms with van der Waals surface area (Å²) in [4.78, 5) is 32.3. The molecular formula is C23H27ClN4O7. The van der Waals surface area contributed by atoms with Crippen LogP contribution in [0.1, 0.15) is 24.8 Å². The number of para-hydroxylation sites is 1. The number of aliphatic carboxylic acids is 3. The van der Waals surface area contributed by atoms with Crippen molar-refractivity contribution >= 4 is 40.4 Å². The van der Waals surface area contributed by atoms with Gasteiger partial charge in [-0.3, -0.25) is 9.48 Å². The Morgan fingerprint density at radius 2 is 1.60 bits per heavy atom. The molecule has 0 saturated heterocycles. The zero-order valence-corrected chi connectivity index (χ0v) is 19.5. The van der Waals surface area contributed by atoms with Gasteiger partial charge in [0.25, 0.3) is 6.10 Å². The summed E-state index contributed by atoms with van der Waals surface area (Å²) in [6, 6.07) is 13.5. The van der Waals surface area contributed by atoms with Crippen LogP contribution in [0.5, 0.6) is 5.88 Å². The molecule has 0 saturated carbocycles. The van der Waals surface area contributed by atoms with Gasteiger partial charge in [-0.05, 0) is 49.2 Å². The lowest BCUT2D eigenvalue weighted by atomic mass is 10.1. The highest BCUT2D eigenvalue weighted by molar-refractivity contribution is 6.30. The van der Waals surface area contributed by atoms with E-state index in [4.69, 9.17) is 43.1 Å². The number of carbonyl (C=O) groups is 3. The number of ether oxygens (including phenoxy) is 1. The molecule has 2 aromatic carbocycles. The summed E-state index contributed by atoms with van der Waals surface area (Å²) in [6.07, 6.45) is 0.139. The smallest absolute Gasteiger partial charge is 0.356 e. The van der Waals surface area contributed by atoms with Gasteiger partial charge in [0, 0.05) is 5.02 Å². The number of carboxylic acid groups (broad SMARTS) is 3. The van der Waals surface area contributed by atoms with Gasteiger partial charge in [0.1, 0.15) is 6.04 Å². The van der Waals surface area contributed by atoms with Crippen molar-refractivity contribution in [1.82, 2.24) is 9.78 Å². The quantitative estimate of drug-likeness (QED) is 0.190. The Labute approximate surface area is 205 Å². The van der Waals surface area contributed by atoms with Crippen LogP contribution >= 0.6 is 11.6 Å². The van der Waals surface area contributed by atoms with Crippen LogP contribution in [0.3, 0.4) is 0 Å². The molecular weight excluding hydrogens is 480 g/mol. The van der Waals surface area contributed by atoms with Crippen LogP contribution in [0.4, 0.5) is 0 Å². The molecule has 0 radical (unpaired) electrons. The molecule has 0 unspecified atom stereocenters. The maximum Gasteiger partial charge on any atom is 0.356 e. The molecule has 0 amide bonds. The van der Waals surface area contributed by atoms with Gasteiger partial charge in [-0.15, -0.1) is 5.10 Å². The molecule has 1 atom stereocenters. The fourth-order valence-corrected chi connectivity index (χ4v) is 3.14. The van der Waals surface area contributed by atoms with Gasteiger partial charge < -0.3 is 31.5 Å². The minimum absolute atomic E-state index is 0.0423. The molecule has 3 rings (SSSR count). The molecule has 3 aromatic rings. The Balaban J connectivity index is 0.000000367. The lowest BCUT2D eigenvalue weighted by Gasteiger charge is -2.08. The number of nitrogens with zero attached hydrogens (tertiary/aromatic N) is 2. The number of aromatic nitrogens is 2. The Hall–Kier alpha value is -3.67. The second kappa shape index (κ2) is 13.3. The Morgan fingerprint density at radius 1 is 0.971 bits per heavy atom. The monoisotopic (exact) mass is 506 g/mol. The van der Waals surface area contributed by atoms with Crippen LogP contribution in [0.2, 0.25) is 5.02 Å². The van der Waals surface area contributed by atoms with Crippen LogP contribution < -0.4 is 16.2 Å². The number of hydrogen-bond donors (Lipinski definition) is 5. The van der Waals surface area contributed by atoms with Crippen molar-refractivity contribution in [2.24, 2.45) is 11.5 Å². The Bertz CT molecular complexity index is 1140. The van der Waals surface area contributed by atoms with Crippen LogP contribution in [0.25, 0.3) is 10.9 Å². The fraction of sp³-hybridized carbons (Fsp3) is 0.304. The van der Waals surface area contributed by atoms with E-state index in [0.717, 1.165) is 18.4 Å². The lowest BCUT2D eigenvalue weighted by Crippen LogP contribution is -2.35. The number of carboxylic acids is 3. The second-order valence-corrected chi connectivity index (χ2v) is 7.95. The molecule has 35 heavy (non-hydrogen) atoms. The summed E-state index contributed by atoms with van der Waals surface area (Å²) in [5.74, 6) is -4.16. The summed E-state index contributed by atoms with van der Waals surface area (Å²) >= 11 is 5.88. The molecule has 1 heterocycles. The molecule has 0 bridgehead atoms. The molecule has 0 fully saturated rings. The van der Waals surface area contributed by atoms with E-state index in [-0.39, 0.29) is 5.88 Å². The average Bonchev–Trinajstić information content (AvgIpc) is 3.16. The van der Waals surface area contributed by atoms with Crippen molar-refractivity contribution in [2.75, 3.05) is 6.54 Å². The van der Waals surface area contributed by atoms with Crippen molar-refractivity contribution in [3.8, 4) is 5.88 Å². The first kappa shape index (κ1) is 27.6. The highest BCUT2D eigenvalue weighted by Gasteiger charge is 2.30. The van der Waals surface area contributed by atoms with Crippen LogP contribution in [-0.2, 0) is 20.9 Å². The first-order valence-corrected chi connectivity index (χ1v) is 11.0. The maximum absolute atomic E-state index is 11.1. The number of nitrogens with two attached hydrogens (primary N) is 2. The molecule has 0 aliphatic heterocycles. The first-order valence-electron chi connectivity index (χ1n) is 10.6. The summed E-state index contributed by atoms with van der Waals surface area (Å²) in [5.41, 5.74) is 12.0. The second-order valence-electron chi connectivity index (χ2n) is 7.51. The van der Waals surface area contributed by atoms with E-state index in [1.54, 1.807) is 41.1 Å². The number of unbranched alkanes of at least 4 members (excludes halogenated alkanes) is 1. The molecule has 1 aromatic heterocycles. The van der Waals surface area contributed by atoms with Crippen LogP contribution in [-0.4, -0.2) is 61.7 Å². The van der Waals surface area contributed by atoms with Gasteiger partial charge in [0.05, 0.1) is 17.4 Å². The van der Waals surface area contributed by atoms with Crippen molar-refractivity contribution in [1.29, 1.82) is 0 Å². The predicted octanol–water partition coefficient (Wildman–Crippen LogP) is 2.18. The van der Waals surface area contributed by atoms with E-state index in [9.17, 15) is 14.4 Å². The molecule has 12 heteroatoms. The Morgan fingerprint density at radius 3 is 2.17 bits per heavy atom. The lowest BCUT2D eigenvalue weighted by molar-refractivity contribution is -0.159. The topological polar surface area (TPSA) is 191 Å². The molecule has 188 valence electrons. The van der Waals surface area contributed by atoms with E-state index < -0.39 is 30.1 Å². The number of halogens is 1. The van der Waals surface area contributed by atoms with Gasteiger partial charge in [-0.1, -0.05) is 42.3 Å². The van der Waals surface area contributed by atoms with E-state index in [0.29, 0.717) is 35.4 Å². The zero-order valence-electron chi connectivity index (χ0n) is 18.7. The highest BCUT2D eigenvalue weighted by atomic mass is 35.5. The van der Waals surface area contributed by atoms with Crippen molar-refractivity contribution < 1.29 is 34.4 Å². The molecule has 11 nitrogen and oxygen atoms in total. The minimum atomic E-state index is -2.03. The van der Waals surface area contributed by atoms with Gasteiger partial charge >= 0.3 is 17.9 Å². The van der Waals surface area contributed by atoms with E-state index in [2.05, 4.69) is 5.10 Å².